The Bertz CT molecular complexity index is 391. The molecule has 0 heterocycles. The lowest BCUT2D eigenvalue weighted by Gasteiger charge is -2.22. The van der Waals surface area contributed by atoms with Gasteiger partial charge in [-0.2, -0.15) is 0 Å². The summed E-state index contributed by atoms with van der Waals surface area (Å²) in [4.78, 5) is 0. The highest BCUT2D eigenvalue weighted by molar-refractivity contribution is 9.10. The molecule has 1 aliphatic carbocycles. The molecule has 2 N–H and O–H groups in total. The minimum atomic E-state index is -0.487. The molecule has 4 heteroatoms. The smallest absolute Gasteiger partial charge is 0.0771 e. The SMILES string of the molecule is OC1(CNCc2ccc(Br)c(Cl)c2)CCCC1. The molecule has 0 spiro atoms. The average molecular weight is 319 g/mol. The zero-order valence-electron chi connectivity index (χ0n) is 9.68. The van der Waals surface area contributed by atoms with Crippen LogP contribution in [0.5, 0.6) is 0 Å². The second-order valence-corrected chi connectivity index (χ2v) is 6.04. The molecule has 1 saturated carbocycles. The first-order valence-corrected chi connectivity index (χ1v) is 7.13. The monoisotopic (exact) mass is 317 g/mol. The molecule has 1 aromatic rings. The topological polar surface area (TPSA) is 32.3 Å². The van der Waals surface area contributed by atoms with E-state index in [1.54, 1.807) is 0 Å². The second-order valence-electron chi connectivity index (χ2n) is 4.78. The number of aliphatic hydroxyl groups is 1. The molecule has 17 heavy (non-hydrogen) atoms. The standard InChI is InChI=1S/C13H17BrClNO/c14-11-4-3-10(7-12(11)15)8-16-9-13(17)5-1-2-6-13/h3-4,7,16-17H,1-2,5-6,8-9H2. The Morgan fingerprint density at radius 2 is 2.06 bits per heavy atom. The second kappa shape index (κ2) is 5.70. The van der Waals surface area contributed by atoms with E-state index in [1.807, 2.05) is 18.2 Å². The van der Waals surface area contributed by atoms with E-state index in [1.165, 1.54) is 0 Å². The highest BCUT2D eigenvalue weighted by Gasteiger charge is 2.30. The Labute approximate surface area is 115 Å². The van der Waals surface area contributed by atoms with Crippen LogP contribution in [0.2, 0.25) is 5.02 Å². The summed E-state index contributed by atoms with van der Waals surface area (Å²) in [6, 6.07) is 5.92. The fraction of sp³-hybridized carbons (Fsp3) is 0.538. The molecule has 0 atom stereocenters. The van der Waals surface area contributed by atoms with Gasteiger partial charge in [0.15, 0.2) is 0 Å². The van der Waals surface area contributed by atoms with Crippen LogP contribution >= 0.6 is 27.5 Å². The molecule has 0 amide bonds. The van der Waals surface area contributed by atoms with E-state index in [4.69, 9.17) is 11.6 Å². The first kappa shape index (κ1) is 13.3. The maximum Gasteiger partial charge on any atom is 0.0771 e. The fourth-order valence-electron chi connectivity index (χ4n) is 2.30. The van der Waals surface area contributed by atoms with E-state index >= 15 is 0 Å². The van der Waals surface area contributed by atoms with E-state index in [-0.39, 0.29) is 0 Å². The van der Waals surface area contributed by atoms with Gasteiger partial charge < -0.3 is 10.4 Å². The van der Waals surface area contributed by atoms with Crippen molar-refractivity contribution in [1.82, 2.24) is 5.32 Å². The Morgan fingerprint density at radius 3 is 2.71 bits per heavy atom. The number of rotatable bonds is 4. The van der Waals surface area contributed by atoms with Crippen molar-refractivity contribution in [1.29, 1.82) is 0 Å². The Kier molecular flexibility index (Phi) is 4.47. The third-order valence-electron chi connectivity index (χ3n) is 3.30. The Balaban J connectivity index is 1.83. The Morgan fingerprint density at radius 1 is 1.35 bits per heavy atom. The summed E-state index contributed by atoms with van der Waals surface area (Å²) in [5.74, 6) is 0. The van der Waals surface area contributed by atoms with E-state index in [0.717, 1.165) is 47.3 Å². The van der Waals surface area contributed by atoms with Crippen molar-refractivity contribution in [2.24, 2.45) is 0 Å². The molecule has 2 nitrogen and oxygen atoms in total. The molecule has 2 rings (SSSR count). The van der Waals surface area contributed by atoms with Crippen molar-refractivity contribution in [3.05, 3.63) is 33.3 Å². The summed E-state index contributed by atoms with van der Waals surface area (Å²) in [6.07, 6.45) is 4.12. The molecule has 94 valence electrons. The van der Waals surface area contributed by atoms with Crippen molar-refractivity contribution in [3.8, 4) is 0 Å². The first-order valence-electron chi connectivity index (χ1n) is 5.96. The van der Waals surface area contributed by atoms with E-state index in [0.29, 0.717) is 6.54 Å². The van der Waals surface area contributed by atoms with Gasteiger partial charge in [0.25, 0.3) is 0 Å². The minimum Gasteiger partial charge on any atom is -0.389 e. The first-order chi connectivity index (χ1) is 8.09. The fourth-order valence-corrected chi connectivity index (χ4v) is 2.75. The lowest BCUT2D eigenvalue weighted by molar-refractivity contribution is 0.0475. The van der Waals surface area contributed by atoms with Crippen LogP contribution in [0.15, 0.2) is 22.7 Å². The van der Waals surface area contributed by atoms with Crippen LogP contribution in [0.1, 0.15) is 31.2 Å². The normalized spacial score (nSPS) is 18.5. The molecule has 0 aromatic heterocycles. The molecule has 0 bridgehead atoms. The molecule has 0 radical (unpaired) electrons. The number of hydrogen-bond acceptors (Lipinski definition) is 2. The molecule has 0 saturated heterocycles. The van der Waals surface area contributed by atoms with Crippen LogP contribution in [-0.4, -0.2) is 17.3 Å². The van der Waals surface area contributed by atoms with Gasteiger partial charge in [-0.25, -0.2) is 0 Å². The van der Waals surface area contributed by atoms with Gasteiger partial charge in [0.1, 0.15) is 0 Å². The quantitative estimate of drug-likeness (QED) is 0.890. The van der Waals surface area contributed by atoms with Crippen molar-refractivity contribution in [2.45, 2.75) is 37.8 Å². The minimum absolute atomic E-state index is 0.487. The maximum absolute atomic E-state index is 10.2. The molecule has 1 fully saturated rings. The van der Waals surface area contributed by atoms with Crippen molar-refractivity contribution < 1.29 is 5.11 Å². The van der Waals surface area contributed by atoms with Gasteiger partial charge in [0.05, 0.1) is 10.6 Å². The summed E-state index contributed by atoms with van der Waals surface area (Å²) < 4.78 is 0.914. The van der Waals surface area contributed by atoms with Crippen LogP contribution in [0.25, 0.3) is 0 Å². The van der Waals surface area contributed by atoms with Gasteiger partial charge in [-0.15, -0.1) is 0 Å². The Hall–Kier alpha value is -0.0900. The predicted molar refractivity (Wildman–Crippen MR) is 74.3 cm³/mol. The molecular weight excluding hydrogens is 302 g/mol. The highest BCUT2D eigenvalue weighted by atomic mass is 79.9. The van der Waals surface area contributed by atoms with Gasteiger partial charge in [0, 0.05) is 17.6 Å². The summed E-state index contributed by atoms with van der Waals surface area (Å²) in [6.45, 7) is 1.41. The average Bonchev–Trinajstić information content (AvgIpc) is 2.71. The van der Waals surface area contributed by atoms with Gasteiger partial charge in [-0.3, -0.25) is 0 Å². The van der Waals surface area contributed by atoms with Crippen LogP contribution in [0.3, 0.4) is 0 Å². The van der Waals surface area contributed by atoms with Gasteiger partial charge >= 0.3 is 0 Å². The third-order valence-corrected chi connectivity index (χ3v) is 4.53. The summed E-state index contributed by atoms with van der Waals surface area (Å²) in [5.41, 5.74) is 0.652. The number of halogens is 2. The van der Waals surface area contributed by atoms with E-state index in [9.17, 15) is 5.11 Å². The number of benzene rings is 1. The van der Waals surface area contributed by atoms with Gasteiger partial charge in [-0.1, -0.05) is 30.5 Å². The lowest BCUT2D eigenvalue weighted by atomic mass is 10.0. The van der Waals surface area contributed by atoms with Crippen molar-refractivity contribution >= 4 is 27.5 Å². The summed E-state index contributed by atoms with van der Waals surface area (Å²) in [5, 5.41) is 14.2. The maximum atomic E-state index is 10.2. The lowest BCUT2D eigenvalue weighted by Crippen LogP contribution is -2.37. The summed E-state index contributed by atoms with van der Waals surface area (Å²) >= 11 is 9.39. The zero-order valence-corrected chi connectivity index (χ0v) is 12.0. The zero-order chi connectivity index (χ0) is 12.3. The van der Waals surface area contributed by atoms with Crippen LogP contribution in [0.4, 0.5) is 0 Å². The molecular formula is C13H17BrClNO. The highest BCUT2D eigenvalue weighted by Crippen LogP contribution is 2.28. The molecule has 0 aliphatic heterocycles. The van der Waals surface area contributed by atoms with Crippen LogP contribution < -0.4 is 5.32 Å². The van der Waals surface area contributed by atoms with E-state index in [2.05, 4.69) is 21.2 Å². The largest absolute Gasteiger partial charge is 0.389 e. The van der Waals surface area contributed by atoms with Crippen molar-refractivity contribution in [3.63, 3.8) is 0 Å². The molecule has 1 aliphatic rings. The third kappa shape index (κ3) is 3.68. The summed E-state index contributed by atoms with van der Waals surface area (Å²) in [7, 11) is 0. The van der Waals surface area contributed by atoms with Gasteiger partial charge in [-0.05, 0) is 46.5 Å². The van der Waals surface area contributed by atoms with Crippen LogP contribution in [0, 0.1) is 0 Å². The number of hydrogen-bond donors (Lipinski definition) is 2. The van der Waals surface area contributed by atoms with Crippen LogP contribution in [-0.2, 0) is 6.54 Å². The van der Waals surface area contributed by atoms with E-state index < -0.39 is 5.60 Å². The van der Waals surface area contributed by atoms with Gasteiger partial charge in [0.2, 0.25) is 0 Å². The predicted octanol–water partition coefficient (Wildman–Crippen LogP) is 3.50. The molecule has 0 unspecified atom stereocenters. The number of nitrogens with one attached hydrogen (secondary N) is 1. The molecule has 1 aromatic carbocycles. The van der Waals surface area contributed by atoms with Crippen molar-refractivity contribution in [2.75, 3.05) is 6.54 Å².